The van der Waals surface area contributed by atoms with E-state index in [0.717, 1.165) is 12.8 Å². The van der Waals surface area contributed by atoms with Crippen LogP contribution in [0.5, 0.6) is 5.88 Å². The number of halogens is 1. The Morgan fingerprint density at radius 1 is 1.40 bits per heavy atom. The van der Waals surface area contributed by atoms with Crippen molar-refractivity contribution in [2.75, 3.05) is 19.7 Å². The van der Waals surface area contributed by atoms with Gasteiger partial charge in [0.25, 0.3) is 5.91 Å². The van der Waals surface area contributed by atoms with E-state index < -0.39 is 5.82 Å². The molecule has 1 amide bonds. The Bertz CT molecular complexity index is 803. The Kier molecular flexibility index (Phi) is 5.24. The molecule has 1 aromatic carbocycles. The molecular formula is C19H18FN3O2. The van der Waals surface area contributed by atoms with Crippen molar-refractivity contribution in [1.82, 2.24) is 9.88 Å². The van der Waals surface area contributed by atoms with Crippen LogP contribution in [0.25, 0.3) is 0 Å². The Balaban J connectivity index is 1.60. The lowest BCUT2D eigenvalue weighted by Gasteiger charge is -2.32. The molecule has 0 spiro atoms. The van der Waals surface area contributed by atoms with Gasteiger partial charge in [0.15, 0.2) is 0 Å². The van der Waals surface area contributed by atoms with Crippen molar-refractivity contribution in [3.8, 4) is 11.9 Å². The van der Waals surface area contributed by atoms with Crippen molar-refractivity contribution in [2.45, 2.75) is 12.8 Å². The number of hydrogen-bond acceptors (Lipinski definition) is 4. The van der Waals surface area contributed by atoms with Gasteiger partial charge >= 0.3 is 0 Å². The second kappa shape index (κ2) is 7.75. The number of carbonyl (C=O) groups is 1. The number of ether oxygens (including phenoxy) is 1. The molecule has 1 fully saturated rings. The van der Waals surface area contributed by atoms with Crippen molar-refractivity contribution in [3.63, 3.8) is 0 Å². The second-order valence-corrected chi connectivity index (χ2v) is 6.04. The van der Waals surface area contributed by atoms with Crippen LogP contribution in [0.1, 0.15) is 28.8 Å². The average Bonchev–Trinajstić information content (AvgIpc) is 2.66. The van der Waals surface area contributed by atoms with E-state index in [1.54, 1.807) is 29.2 Å². The predicted molar refractivity (Wildman–Crippen MR) is 89.5 cm³/mol. The zero-order valence-electron chi connectivity index (χ0n) is 13.7. The molecule has 2 heterocycles. The molecule has 0 N–H and O–H groups in total. The number of rotatable bonds is 4. The van der Waals surface area contributed by atoms with Crippen LogP contribution in [-0.2, 0) is 0 Å². The third kappa shape index (κ3) is 4.13. The third-order valence-corrected chi connectivity index (χ3v) is 4.24. The number of hydrogen-bond donors (Lipinski definition) is 0. The summed E-state index contributed by atoms with van der Waals surface area (Å²) in [5.41, 5.74) is 0.595. The normalized spacial score (nSPS) is 17.0. The summed E-state index contributed by atoms with van der Waals surface area (Å²) in [4.78, 5) is 18.3. The van der Waals surface area contributed by atoms with E-state index in [2.05, 4.69) is 4.98 Å². The van der Waals surface area contributed by atoms with Gasteiger partial charge in [-0.1, -0.05) is 12.1 Å². The van der Waals surface area contributed by atoms with Crippen molar-refractivity contribution in [3.05, 3.63) is 59.5 Å². The largest absolute Gasteiger partial charge is 0.477 e. The Morgan fingerprint density at radius 2 is 2.24 bits per heavy atom. The second-order valence-electron chi connectivity index (χ2n) is 6.04. The highest BCUT2D eigenvalue weighted by Gasteiger charge is 2.26. The monoisotopic (exact) mass is 339 g/mol. The fourth-order valence-corrected chi connectivity index (χ4v) is 2.95. The maximum atomic E-state index is 13.8. The SMILES string of the molecule is N#Cc1ccnc(OCC2CCCN(C(=O)c3ccccc3F)C2)c1. The molecule has 5 nitrogen and oxygen atoms in total. The van der Waals surface area contributed by atoms with Gasteiger partial charge in [0.05, 0.1) is 23.8 Å². The summed E-state index contributed by atoms with van der Waals surface area (Å²) >= 11 is 0. The van der Waals surface area contributed by atoms with Gasteiger partial charge in [-0.2, -0.15) is 5.26 Å². The van der Waals surface area contributed by atoms with Crippen LogP contribution < -0.4 is 4.74 Å². The topological polar surface area (TPSA) is 66.2 Å². The van der Waals surface area contributed by atoms with Crippen molar-refractivity contribution in [2.24, 2.45) is 5.92 Å². The first-order chi connectivity index (χ1) is 12.2. The van der Waals surface area contributed by atoms with Crippen LogP contribution in [0.2, 0.25) is 0 Å². The van der Waals surface area contributed by atoms with Gasteiger partial charge in [-0.05, 0) is 31.0 Å². The summed E-state index contributed by atoms with van der Waals surface area (Å²) in [6.07, 6.45) is 3.31. The third-order valence-electron chi connectivity index (χ3n) is 4.24. The molecule has 0 saturated carbocycles. The Labute approximate surface area is 145 Å². The summed E-state index contributed by atoms with van der Waals surface area (Å²) in [6.45, 7) is 1.54. The van der Waals surface area contributed by atoms with Gasteiger partial charge in [0.1, 0.15) is 5.82 Å². The molecule has 3 rings (SSSR count). The van der Waals surface area contributed by atoms with E-state index in [0.29, 0.717) is 31.1 Å². The number of nitrogens with zero attached hydrogens (tertiary/aromatic N) is 3. The van der Waals surface area contributed by atoms with E-state index in [4.69, 9.17) is 10.00 Å². The van der Waals surface area contributed by atoms with Gasteiger partial charge in [-0.3, -0.25) is 4.79 Å². The number of aromatic nitrogens is 1. The summed E-state index contributed by atoms with van der Waals surface area (Å²) in [5, 5.41) is 8.90. The zero-order chi connectivity index (χ0) is 17.6. The molecule has 1 atom stereocenters. The summed E-state index contributed by atoms with van der Waals surface area (Å²) in [6, 6.07) is 11.3. The summed E-state index contributed by atoms with van der Waals surface area (Å²) in [5.74, 6) is -0.232. The number of nitriles is 1. The first-order valence-corrected chi connectivity index (χ1v) is 8.20. The minimum absolute atomic E-state index is 0.104. The van der Waals surface area contributed by atoms with E-state index in [-0.39, 0.29) is 17.4 Å². The van der Waals surface area contributed by atoms with Gasteiger partial charge in [0, 0.05) is 31.3 Å². The highest BCUT2D eigenvalue weighted by molar-refractivity contribution is 5.94. The van der Waals surface area contributed by atoms with Gasteiger partial charge in [-0.25, -0.2) is 9.37 Å². The van der Waals surface area contributed by atoms with Crippen LogP contribution in [0.15, 0.2) is 42.6 Å². The maximum absolute atomic E-state index is 13.8. The lowest BCUT2D eigenvalue weighted by Crippen LogP contribution is -2.41. The van der Waals surface area contributed by atoms with Crippen LogP contribution in [0.3, 0.4) is 0 Å². The lowest BCUT2D eigenvalue weighted by molar-refractivity contribution is 0.0626. The minimum Gasteiger partial charge on any atom is -0.477 e. The van der Waals surface area contributed by atoms with Crippen LogP contribution >= 0.6 is 0 Å². The number of piperidine rings is 1. The highest BCUT2D eigenvalue weighted by Crippen LogP contribution is 2.21. The van der Waals surface area contributed by atoms with E-state index >= 15 is 0 Å². The molecule has 1 aliphatic rings. The number of amides is 1. The van der Waals surface area contributed by atoms with Crippen molar-refractivity contribution < 1.29 is 13.9 Å². The van der Waals surface area contributed by atoms with Crippen molar-refractivity contribution in [1.29, 1.82) is 5.26 Å². The fourth-order valence-electron chi connectivity index (χ4n) is 2.95. The first kappa shape index (κ1) is 16.9. The summed E-state index contributed by atoms with van der Waals surface area (Å²) < 4.78 is 19.5. The number of benzene rings is 1. The van der Waals surface area contributed by atoms with Gasteiger partial charge in [-0.15, -0.1) is 0 Å². The molecule has 0 radical (unpaired) electrons. The molecule has 1 aliphatic heterocycles. The molecule has 1 aromatic heterocycles. The van der Waals surface area contributed by atoms with Crippen LogP contribution in [0.4, 0.5) is 4.39 Å². The Morgan fingerprint density at radius 3 is 3.04 bits per heavy atom. The summed E-state index contributed by atoms with van der Waals surface area (Å²) in [7, 11) is 0. The number of carbonyl (C=O) groups excluding carboxylic acids is 1. The minimum atomic E-state index is -0.497. The number of likely N-dealkylation sites (tertiary alicyclic amines) is 1. The quantitative estimate of drug-likeness (QED) is 0.859. The molecule has 0 aliphatic carbocycles. The van der Waals surface area contributed by atoms with E-state index in [9.17, 15) is 9.18 Å². The van der Waals surface area contributed by atoms with Gasteiger partial charge in [0.2, 0.25) is 5.88 Å². The zero-order valence-corrected chi connectivity index (χ0v) is 13.7. The van der Waals surface area contributed by atoms with E-state index in [1.807, 2.05) is 6.07 Å². The van der Waals surface area contributed by atoms with E-state index in [1.165, 1.54) is 18.3 Å². The van der Waals surface area contributed by atoms with Crippen molar-refractivity contribution >= 4 is 5.91 Å². The molecule has 128 valence electrons. The smallest absolute Gasteiger partial charge is 0.256 e. The number of pyridine rings is 1. The highest BCUT2D eigenvalue weighted by atomic mass is 19.1. The molecule has 6 heteroatoms. The molecule has 2 aromatic rings. The molecule has 1 saturated heterocycles. The van der Waals surface area contributed by atoms with Crippen LogP contribution in [-0.4, -0.2) is 35.5 Å². The van der Waals surface area contributed by atoms with Crippen LogP contribution in [0, 0.1) is 23.1 Å². The van der Waals surface area contributed by atoms with Gasteiger partial charge < -0.3 is 9.64 Å². The molecule has 0 bridgehead atoms. The molecular weight excluding hydrogens is 321 g/mol. The molecule has 25 heavy (non-hydrogen) atoms. The standard InChI is InChI=1S/C19H18FN3O2/c20-17-6-2-1-5-16(17)19(24)23-9-3-4-15(12-23)13-25-18-10-14(11-21)7-8-22-18/h1-2,5-8,10,15H,3-4,9,12-13H2. The maximum Gasteiger partial charge on any atom is 0.256 e. The lowest BCUT2D eigenvalue weighted by atomic mass is 9.98. The Hall–Kier alpha value is -2.94. The predicted octanol–water partition coefficient (Wildman–Crippen LogP) is 3.02. The first-order valence-electron chi connectivity index (χ1n) is 8.20. The fraction of sp³-hybridized carbons (Fsp3) is 0.316. The average molecular weight is 339 g/mol. The molecule has 1 unspecified atom stereocenters.